The smallest absolute Gasteiger partial charge is 0.250 e. The van der Waals surface area contributed by atoms with Crippen LogP contribution >= 0.6 is 22.9 Å². The third-order valence-electron chi connectivity index (χ3n) is 2.67. The molecule has 19 heavy (non-hydrogen) atoms. The highest BCUT2D eigenvalue weighted by Crippen LogP contribution is 2.35. The maximum atomic E-state index is 12.2. The van der Waals surface area contributed by atoms with Gasteiger partial charge in [-0.2, -0.15) is 0 Å². The van der Waals surface area contributed by atoms with E-state index in [0.29, 0.717) is 10.6 Å². The summed E-state index contributed by atoms with van der Waals surface area (Å²) in [6.07, 6.45) is -0.723. The molecular weight excluding hydrogens is 306 g/mol. The fourth-order valence-corrected chi connectivity index (χ4v) is 4.81. The molecule has 0 saturated carbocycles. The van der Waals surface area contributed by atoms with E-state index in [1.807, 2.05) is 6.07 Å². The van der Waals surface area contributed by atoms with Crippen LogP contribution in [0.3, 0.4) is 0 Å². The van der Waals surface area contributed by atoms with E-state index in [0.717, 1.165) is 10.1 Å². The molecule has 1 atom stereocenters. The van der Waals surface area contributed by atoms with Crippen LogP contribution in [0.5, 0.6) is 0 Å². The SMILES string of the molecule is Cc1c(S(=O)(=O)NC[C@H](C)O)sc2ccc(Cl)cc12. The number of hydrogen-bond acceptors (Lipinski definition) is 4. The van der Waals surface area contributed by atoms with Gasteiger partial charge in [0.15, 0.2) is 0 Å². The van der Waals surface area contributed by atoms with Crippen molar-refractivity contribution >= 4 is 43.0 Å². The van der Waals surface area contributed by atoms with Crippen LogP contribution in [-0.2, 0) is 10.0 Å². The number of aliphatic hydroxyl groups is 1. The first-order valence-electron chi connectivity index (χ1n) is 5.67. The summed E-state index contributed by atoms with van der Waals surface area (Å²) in [5.74, 6) is 0. The quantitative estimate of drug-likeness (QED) is 0.910. The van der Waals surface area contributed by atoms with Crippen molar-refractivity contribution in [1.82, 2.24) is 4.72 Å². The van der Waals surface area contributed by atoms with Gasteiger partial charge >= 0.3 is 0 Å². The summed E-state index contributed by atoms with van der Waals surface area (Å²) in [5.41, 5.74) is 0.681. The lowest BCUT2D eigenvalue weighted by atomic mass is 10.2. The molecule has 0 unspecified atom stereocenters. The van der Waals surface area contributed by atoms with Crippen LogP contribution in [0.1, 0.15) is 12.5 Å². The van der Waals surface area contributed by atoms with Crippen molar-refractivity contribution < 1.29 is 13.5 Å². The van der Waals surface area contributed by atoms with Crippen molar-refractivity contribution in [2.45, 2.75) is 24.2 Å². The highest BCUT2D eigenvalue weighted by Gasteiger charge is 2.21. The minimum absolute atomic E-state index is 0.00320. The van der Waals surface area contributed by atoms with E-state index < -0.39 is 16.1 Å². The third kappa shape index (κ3) is 3.09. The largest absolute Gasteiger partial charge is 0.392 e. The van der Waals surface area contributed by atoms with Crippen molar-refractivity contribution in [2.24, 2.45) is 0 Å². The van der Waals surface area contributed by atoms with Crippen molar-refractivity contribution in [2.75, 3.05) is 6.54 Å². The van der Waals surface area contributed by atoms with Gasteiger partial charge in [-0.25, -0.2) is 13.1 Å². The number of rotatable bonds is 4. The van der Waals surface area contributed by atoms with E-state index in [9.17, 15) is 8.42 Å². The first kappa shape index (κ1) is 14.7. The van der Waals surface area contributed by atoms with Crippen LogP contribution in [0.2, 0.25) is 5.02 Å². The van der Waals surface area contributed by atoms with Crippen molar-refractivity contribution in [3.63, 3.8) is 0 Å². The molecule has 0 aliphatic rings. The lowest BCUT2D eigenvalue weighted by Crippen LogP contribution is -2.30. The molecule has 1 heterocycles. The van der Waals surface area contributed by atoms with Crippen LogP contribution in [-0.4, -0.2) is 26.2 Å². The van der Waals surface area contributed by atoms with Gasteiger partial charge in [-0.1, -0.05) is 11.6 Å². The second kappa shape index (κ2) is 5.38. The van der Waals surface area contributed by atoms with Crippen molar-refractivity contribution in [3.8, 4) is 0 Å². The number of halogens is 1. The Kier molecular flexibility index (Phi) is 4.17. The molecule has 0 spiro atoms. The van der Waals surface area contributed by atoms with E-state index >= 15 is 0 Å². The summed E-state index contributed by atoms with van der Waals surface area (Å²) in [7, 11) is -3.60. The van der Waals surface area contributed by atoms with Crippen LogP contribution in [0.4, 0.5) is 0 Å². The van der Waals surface area contributed by atoms with Gasteiger partial charge in [0.25, 0.3) is 0 Å². The van der Waals surface area contributed by atoms with E-state index in [1.54, 1.807) is 19.1 Å². The predicted octanol–water partition coefficient (Wildman–Crippen LogP) is 2.52. The topological polar surface area (TPSA) is 66.4 Å². The summed E-state index contributed by atoms with van der Waals surface area (Å²) >= 11 is 7.12. The number of benzene rings is 1. The number of aryl methyl sites for hydroxylation is 1. The minimum atomic E-state index is -3.60. The molecule has 0 saturated heterocycles. The van der Waals surface area contributed by atoms with Gasteiger partial charge in [-0.05, 0) is 43.0 Å². The number of thiophene rings is 1. The average Bonchev–Trinajstić information content (AvgIpc) is 2.65. The van der Waals surface area contributed by atoms with E-state index in [4.69, 9.17) is 16.7 Å². The van der Waals surface area contributed by atoms with Gasteiger partial charge in [0.1, 0.15) is 4.21 Å². The minimum Gasteiger partial charge on any atom is -0.392 e. The first-order chi connectivity index (χ1) is 8.81. The van der Waals surface area contributed by atoms with Gasteiger partial charge in [-0.15, -0.1) is 11.3 Å². The molecule has 0 aliphatic heterocycles. The zero-order valence-electron chi connectivity index (χ0n) is 10.5. The fourth-order valence-electron chi connectivity index (χ4n) is 1.72. The Morgan fingerprint density at radius 1 is 1.47 bits per heavy atom. The summed E-state index contributed by atoms with van der Waals surface area (Å²) in [5, 5.41) is 10.6. The summed E-state index contributed by atoms with van der Waals surface area (Å²) in [6.45, 7) is 3.28. The van der Waals surface area contributed by atoms with Gasteiger partial charge in [0.2, 0.25) is 10.0 Å². The van der Waals surface area contributed by atoms with Crippen LogP contribution in [0.15, 0.2) is 22.4 Å². The molecule has 2 N–H and O–H groups in total. The molecule has 4 nitrogen and oxygen atoms in total. The molecule has 0 amide bonds. The molecule has 0 aliphatic carbocycles. The lowest BCUT2D eigenvalue weighted by molar-refractivity contribution is 0.198. The number of aliphatic hydroxyl groups excluding tert-OH is 1. The Bertz CT molecular complexity index is 707. The average molecular weight is 320 g/mol. The van der Waals surface area contributed by atoms with Crippen LogP contribution in [0, 0.1) is 6.92 Å². The Morgan fingerprint density at radius 3 is 2.79 bits per heavy atom. The number of sulfonamides is 1. The Morgan fingerprint density at radius 2 is 2.16 bits per heavy atom. The molecule has 104 valence electrons. The summed E-state index contributed by atoms with van der Waals surface area (Å²) < 4.78 is 27.9. The van der Waals surface area contributed by atoms with E-state index in [2.05, 4.69) is 4.72 Å². The zero-order chi connectivity index (χ0) is 14.2. The molecule has 2 aromatic rings. The molecule has 1 aromatic heterocycles. The second-order valence-electron chi connectivity index (χ2n) is 4.36. The Balaban J connectivity index is 2.48. The number of fused-ring (bicyclic) bond motifs is 1. The molecule has 0 radical (unpaired) electrons. The maximum Gasteiger partial charge on any atom is 0.250 e. The maximum absolute atomic E-state index is 12.2. The third-order valence-corrected chi connectivity index (χ3v) is 6.22. The van der Waals surface area contributed by atoms with Crippen LogP contribution < -0.4 is 4.72 Å². The van der Waals surface area contributed by atoms with E-state index in [-0.39, 0.29) is 10.8 Å². The van der Waals surface area contributed by atoms with Gasteiger partial charge in [0.05, 0.1) is 6.10 Å². The monoisotopic (exact) mass is 319 g/mol. The summed E-state index contributed by atoms with van der Waals surface area (Å²) in [6, 6.07) is 5.30. The summed E-state index contributed by atoms with van der Waals surface area (Å²) in [4.78, 5) is 0. The lowest BCUT2D eigenvalue weighted by Gasteiger charge is -2.07. The molecule has 7 heteroatoms. The molecule has 2 rings (SSSR count). The highest BCUT2D eigenvalue weighted by atomic mass is 35.5. The van der Waals surface area contributed by atoms with E-state index in [1.165, 1.54) is 18.3 Å². The number of hydrogen-bond donors (Lipinski definition) is 2. The molecule has 0 bridgehead atoms. The number of nitrogens with one attached hydrogen (secondary N) is 1. The van der Waals surface area contributed by atoms with Crippen molar-refractivity contribution in [3.05, 3.63) is 28.8 Å². The predicted molar refractivity (Wildman–Crippen MR) is 78.4 cm³/mol. The molecule has 0 fully saturated rings. The van der Waals surface area contributed by atoms with Gasteiger partial charge in [0, 0.05) is 16.3 Å². The van der Waals surface area contributed by atoms with Gasteiger partial charge in [-0.3, -0.25) is 0 Å². The Hall–Kier alpha value is -0.660. The molecular formula is C12H14ClNO3S2. The van der Waals surface area contributed by atoms with Crippen LogP contribution in [0.25, 0.3) is 10.1 Å². The fraction of sp³-hybridized carbons (Fsp3) is 0.333. The first-order valence-corrected chi connectivity index (χ1v) is 8.35. The standard InChI is InChI=1S/C12H14ClNO3S2/c1-7(15)6-14-19(16,17)12-8(2)10-5-9(13)3-4-11(10)18-12/h3-5,7,14-15H,6H2,1-2H3/t7-/m0/s1. The van der Waals surface area contributed by atoms with Gasteiger partial charge < -0.3 is 5.11 Å². The van der Waals surface area contributed by atoms with Crippen molar-refractivity contribution in [1.29, 1.82) is 0 Å². The normalized spacial score (nSPS) is 13.9. The Labute approximate surface area is 121 Å². The highest BCUT2D eigenvalue weighted by molar-refractivity contribution is 7.91. The second-order valence-corrected chi connectivity index (χ2v) is 7.81. The zero-order valence-corrected chi connectivity index (χ0v) is 12.9. The molecule has 1 aromatic carbocycles.